The van der Waals surface area contributed by atoms with E-state index in [1.165, 1.54) is 135 Å². The number of likely N-dealkylation sites (N-methyl/N-ethyl adjacent to an activating group) is 1. The van der Waals surface area contributed by atoms with E-state index >= 15 is 0 Å². The molecule has 0 bridgehead atoms. The maximum atomic E-state index is 12.8. The van der Waals surface area contributed by atoms with Gasteiger partial charge in [-0.25, -0.2) is 0 Å². The third kappa shape index (κ3) is 64.0. The van der Waals surface area contributed by atoms with Gasteiger partial charge in [0.15, 0.2) is 6.10 Å². The Morgan fingerprint density at radius 3 is 1.08 bits per heavy atom. The smallest absolute Gasteiger partial charge is 0.306 e. The van der Waals surface area contributed by atoms with Gasteiger partial charge in [-0.05, 0) is 77.0 Å². The summed E-state index contributed by atoms with van der Waals surface area (Å²) < 4.78 is 34.2. The van der Waals surface area contributed by atoms with Gasteiger partial charge >= 0.3 is 11.9 Å². The molecular weight excluding hydrogens is 1000 g/mol. The number of hydrogen-bond acceptors (Lipinski definition) is 8. The predicted molar refractivity (Wildman–Crippen MR) is 337 cm³/mol. The molecule has 79 heavy (non-hydrogen) atoms. The number of phosphoric acid groups is 1. The number of esters is 2. The number of carbonyl (C=O) groups is 2. The Labute approximate surface area is 487 Å². The molecule has 0 fully saturated rings. The van der Waals surface area contributed by atoms with Gasteiger partial charge in [0.05, 0.1) is 27.7 Å². The highest BCUT2D eigenvalue weighted by Gasteiger charge is 2.22. The topological polar surface area (TPSA) is 111 Å². The first-order valence-electron chi connectivity index (χ1n) is 32.4. The van der Waals surface area contributed by atoms with Crippen LogP contribution in [0.1, 0.15) is 277 Å². The molecule has 0 spiro atoms. The monoisotopic (exact) mass is 1120 g/mol. The van der Waals surface area contributed by atoms with Gasteiger partial charge in [0, 0.05) is 12.8 Å². The molecule has 0 aromatic carbocycles. The van der Waals surface area contributed by atoms with Crippen molar-refractivity contribution in [2.75, 3.05) is 47.5 Å². The number of phosphoric ester groups is 1. The number of quaternary nitrogens is 1. The van der Waals surface area contributed by atoms with Crippen molar-refractivity contribution in [3.8, 4) is 0 Å². The zero-order chi connectivity index (χ0) is 57.7. The molecule has 0 aliphatic heterocycles. The summed E-state index contributed by atoms with van der Waals surface area (Å²) in [6.45, 7) is 4.13. The number of unbranched alkanes of at least 4 members (excludes halogenated alkanes) is 29. The van der Waals surface area contributed by atoms with Crippen LogP contribution in [-0.4, -0.2) is 70.0 Å². The fraction of sp³-hybridized carbons (Fsp3) is 0.739. The van der Waals surface area contributed by atoms with Crippen molar-refractivity contribution in [2.24, 2.45) is 0 Å². The minimum absolute atomic E-state index is 0.0373. The molecule has 0 aliphatic carbocycles. The van der Waals surface area contributed by atoms with Gasteiger partial charge in [-0.2, -0.15) is 0 Å². The SMILES string of the molecule is CC/C=C\C/C=C\C/C=C\C/C=C\C/C=C\C/C=C\C/C=C\C/C=C\CCCCCCCCC(=O)OC(COC(=O)CCCCCCCCCCCCCCCCCCCCCCCCCC)COP(=O)([O-])OCC[N+](C)(C)C. The van der Waals surface area contributed by atoms with Crippen molar-refractivity contribution in [1.82, 2.24) is 0 Å². The molecule has 0 aromatic rings. The lowest BCUT2D eigenvalue weighted by atomic mass is 10.0. The molecule has 0 saturated heterocycles. The van der Waals surface area contributed by atoms with Crippen LogP contribution in [0.3, 0.4) is 0 Å². The van der Waals surface area contributed by atoms with Crippen LogP contribution in [0.15, 0.2) is 97.2 Å². The van der Waals surface area contributed by atoms with E-state index in [0.29, 0.717) is 17.4 Å². The van der Waals surface area contributed by atoms with Crippen molar-refractivity contribution in [2.45, 2.75) is 283 Å². The molecule has 0 radical (unpaired) electrons. The van der Waals surface area contributed by atoms with Crippen molar-refractivity contribution >= 4 is 19.8 Å². The van der Waals surface area contributed by atoms with Crippen LogP contribution >= 0.6 is 7.82 Å². The highest BCUT2D eigenvalue weighted by atomic mass is 31.2. The number of hydrogen-bond donors (Lipinski definition) is 0. The van der Waals surface area contributed by atoms with Gasteiger partial charge < -0.3 is 27.9 Å². The molecule has 10 heteroatoms. The standard InChI is InChI=1S/C69H122NO8P/c1-6-8-10-12-14-16-18-20-22-24-26-28-30-32-33-34-35-36-37-38-40-42-44-46-48-50-52-54-56-58-60-62-69(72)78-67(66-77-79(73,74)76-64-63-70(3,4)5)65-75-68(71)61-59-57-55-53-51-49-47-45-43-41-39-31-29-27-25-23-21-19-17-15-13-11-9-7-2/h8,10,14,16,20,22,26,28,32-33,35-36,38,40,44,46,67H,6-7,9,11-13,15,17-19,21,23-25,27,29-31,34,37,39,41-43,45,47-66H2,1-5H3/b10-8-,16-14-,22-20-,28-26-,33-32-,36-35-,40-38-,46-44-. The largest absolute Gasteiger partial charge is 0.756 e. The minimum atomic E-state index is -4.65. The number of nitrogens with zero attached hydrogens (tertiary/aromatic N) is 1. The summed E-state index contributed by atoms with van der Waals surface area (Å²) >= 11 is 0. The van der Waals surface area contributed by atoms with E-state index in [1.54, 1.807) is 0 Å². The lowest BCUT2D eigenvalue weighted by molar-refractivity contribution is -0.870. The van der Waals surface area contributed by atoms with Crippen LogP contribution in [0.25, 0.3) is 0 Å². The Bertz CT molecular complexity index is 1650. The number of allylic oxidation sites excluding steroid dienone is 16. The molecule has 456 valence electrons. The van der Waals surface area contributed by atoms with Crippen molar-refractivity contribution < 1.29 is 42.1 Å². The molecule has 0 aliphatic rings. The van der Waals surface area contributed by atoms with Crippen LogP contribution in [0.5, 0.6) is 0 Å². The van der Waals surface area contributed by atoms with Crippen molar-refractivity contribution in [3.63, 3.8) is 0 Å². The zero-order valence-electron chi connectivity index (χ0n) is 51.8. The summed E-state index contributed by atoms with van der Waals surface area (Å²) in [4.78, 5) is 38.0. The van der Waals surface area contributed by atoms with E-state index in [1.807, 2.05) is 21.1 Å². The normalized spacial score (nSPS) is 13.8. The number of rotatable bonds is 59. The van der Waals surface area contributed by atoms with Gasteiger partial charge in [-0.1, -0.05) is 284 Å². The van der Waals surface area contributed by atoms with E-state index in [0.717, 1.165) is 109 Å². The maximum Gasteiger partial charge on any atom is 0.306 e. The highest BCUT2D eigenvalue weighted by Crippen LogP contribution is 2.38. The Hall–Kier alpha value is -3.07. The van der Waals surface area contributed by atoms with Gasteiger partial charge in [-0.3, -0.25) is 14.2 Å². The first-order valence-corrected chi connectivity index (χ1v) is 33.9. The first kappa shape index (κ1) is 75.9. The second-order valence-electron chi connectivity index (χ2n) is 22.8. The summed E-state index contributed by atoms with van der Waals surface area (Å²) in [6.07, 6.45) is 81.8. The number of ether oxygens (including phenoxy) is 2. The molecule has 0 heterocycles. The van der Waals surface area contributed by atoms with Gasteiger partial charge in [0.1, 0.15) is 19.8 Å². The van der Waals surface area contributed by atoms with Gasteiger partial charge in [-0.15, -0.1) is 0 Å². The average Bonchev–Trinajstić information content (AvgIpc) is 3.41. The fourth-order valence-electron chi connectivity index (χ4n) is 8.91. The lowest BCUT2D eigenvalue weighted by Gasteiger charge is -2.28. The van der Waals surface area contributed by atoms with Crippen LogP contribution in [0.2, 0.25) is 0 Å². The second kappa shape index (κ2) is 59.5. The van der Waals surface area contributed by atoms with E-state index in [2.05, 4.69) is 111 Å². The molecule has 0 aromatic heterocycles. The third-order valence-corrected chi connectivity index (χ3v) is 14.8. The summed E-state index contributed by atoms with van der Waals surface area (Å²) in [5.74, 6) is -0.845. The van der Waals surface area contributed by atoms with Crippen molar-refractivity contribution in [1.29, 1.82) is 0 Å². The number of carbonyl (C=O) groups excluding carboxylic acids is 2. The highest BCUT2D eigenvalue weighted by molar-refractivity contribution is 7.45. The maximum absolute atomic E-state index is 12.8. The summed E-state index contributed by atoms with van der Waals surface area (Å²) in [5.41, 5.74) is 0. The molecule has 0 rings (SSSR count). The second-order valence-corrected chi connectivity index (χ2v) is 24.2. The van der Waals surface area contributed by atoms with E-state index in [9.17, 15) is 19.0 Å². The van der Waals surface area contributed by atoms with Crippen LogP contribution in [0.4, 0.5) is 0 Å². The fourth-order valence-corrected chi connectivity index (χ4v) is 9.64. The van der Waals surface area contributed by atoms with E-state index in [4.69, 9.17) is 18.5 Å². The molecule has 2 atom stereocenters. The van der Waals surface area contributed by atoms with E-state index < -0.39 is 26.5 Å². The van der Waals surface area contributed by atoms with E-state index in [-0.39, 0.29) is 32.0 Å². The summed E-state index contributed by atoms with van der Waals surface area (Å²) in [7, 11) is 1.15. The lowest BCUT2D eigenvalue weighted by Crippen LogP contribution is -2.37. The van der Waals surface area contributed by atoms with Crippen LogP contribution < -0.4 is 4.89 Å². The van der Waals surface area contributed by atoms with Gasteiger partial charge in [0.25, 0.3) is 7.82 Å². The predicted octanol–water partition coefficient (Wildman–Crippen LogP) is 20.1. The Morgan fingerprint density at radius 2 is 0.722 bits per heavy atom. The molecule has 9 nitrogen and oxygen atoms in total. The molecule has 2 unspecified atom stereocenters. The third-order valence-electron chi connectivity index (χ3n) is 13.9. The Balaban J connectivity index is 4.16. The zero-order valence-corrected chi connectivity index (χ0v) is 52.7. The quantitative estimate of drug-likeness (QED) is 0.0195. The minimum Gasteiger partial charge on any atom is -0.756 e. The summed E-state index contributed by atoms with van der Waals surface area (Å²) in [5, 5.41) is 0. The molecule has 0 saturated carbocycles. The van der Waals surface area contributed by atoms with Crippen LogP contribution in [0, 0.1) is 0 Å². The Kier molecular flexibility index (Phi) is 57.2. The van der Waals surface area contributed by atoms with Gasteiger partial charge in [0.2, 0.25) is 0 Å². The molecular formula is C69H122NO8P. The average molecular weight is 1120 g/mol. The molecule has 0 N–H and O–H groups in total. The van der Waals surface area contributed by atoms with Crippen LogP contribution in [-0.2, 0) is 32.7 Å². The molecule has 0 amide bonds. The first-order chi connectivity index (χ1) is 38.5. The van der Waals surface area contributed by atoms with Crippen molar-refractivity contribution in [3.05, 3.63) is 97.2 Å². The summed E-state index contributed by atoms with van der Waals surface area (Å²) in [6, 6.07) is 0. The Morgan fingerprint density at radius 1 is 0.405 bits per heavy atom.